The molecule has 0 unspecified atom stereocenters. The predicted molar refractivity (Wildman–Crippen MR) is 88.5 cm³/mol. The molecule has 1 aliphatic rings. The molecule has 0 aromatic carbocycles. The minimum atomic E-state index is -0.0718. The van der Waals surface area contributed by atoms with Gasteiger partial charge in [-0.1, -0.05) is 0 Å². The molecule has 0 radical (unpaired) electrons. The van der Waals surface area contributed by atoms with E-state index in [1.807, 2.05) is 29.5 Å². The lowest BCUT2D eigenvalue weighted by Gasteiger charge is -2.19. The number of nitrogens with zero attached hydrogens (tertiary/aromatic N) is 5. The van der Waals surface area contributed by atoms with Crippen LogP contribution in [0.2, 0.25) is 0 Å². The number of hydrogen-bond donors (Lipinski definition) is 1. The normalized spacial score (nSPS) is 17.9. The van der Waals surface area contributed by atoms with E-state index in [9.17, 15) is 9.90 Å². The van der Waals surface area contributed by atoms with Gasteiger partial charge < -0.3 is 14.6 Å². The topological polar surface area (TPSA) is 76.2 Å². The van der Waals surface area contributed by atoms with E-state index in [2.05, 4.69) is 10.1 Å². The Morgan fingerprint density at radius 1 is 1.35 bits per heavy atom. The van der Waals surface area contributed by atoms with E-state index < -0.39 is 0 Å². The Kier molecular flexibility index (Phi) is 4.47. The summed E-state index contributed by atoms with van der Waals surface area (Å²) < 4.78 is 3.56. The molecule has 124 valence electrons. The minimum Gasteiger partial charge on any atom is -0.396 e. The van der Waals surface area contributed by atoms with Crippen molar-refractivity contribution >= 4 is 5.82 Å². The summed E-state index contributed by atoms with van der Waals surface area (Å²) in [6, 6.07) is 1.92. The maximum Gasteiger partial charge on any atom is 0.293 e. The first kappa shape index (κ1) is 15.7. The number of aliphatic hydroxyl groups excluding tert-OH is 1. The highest BCUT2D eigenvalue weighted by Crippen LogP contribution is 2.22. The van der Waals surface area contributed by atoms with Crippen molar-refractivity contribution in [3.63, 3.8) is 0 Å². The summed E-state index contributed by atoms with van der Waals surface area (Å²) in [5, 5.41) is 13.6. The third-order valence-electron chi connectivity index (χ3n) is 4.42. The second-order valence-electron chi connectivity index (χ2n) is 5.86. The lowest BCUT2D eigenvalue weighted by atomic mass is 10.1. The van der Waals surface area contributed by atoms with E-state index in [-0.39, 0.29) is 18.1 Å². The molecule has 2 aromatic heterocycles. The third kappa shape index (κ3) is 2.88. The van der Waals surface area contributed by atoms with E-state index in [1.165, 1.54) is 0 Å². The molecule has 7 heteroatoms. The van der Waals surface area contributed by atoms with E-state index in [4.69, 9.17) is 0 Å². The summed E-state index contributed by atoms with van der Waals surface area (Å²) in [4.78, 5) is 19.3. The first-order valence-electron chi connectivity index (χ1n) is 8.17. The molecule has 1 saturated heterocycles. The molecular formula is C16H23N5O2. The second kappa shape index (κ2) is 6.54. The van der Waals surface area contributed by atoms with Gasteiger partial charge in [0.25, 0.3) is 5.56 Å². The Bertz CT molecular complexity index is 736. The Labute approximate surface area is 135 Å². The molecule has 0 bridgehead atoms. The molecule has 0 aliphatic carbocycles. The molecule has 1 fully saturated rings. The minimum absolute atomic E-state index is 0.0718. The maximum atomic E-state index is 12.6. The Balaban J connectivity index is 2.06. The van der Waals surface area contributed by atoms with Gasteiger partial charge in [-0.25, -0.2) is 4.98 Å². The summed E-state index contributed by atoms with van der Waals surface area (Å²) in [6.07, 6.45) is 4.44. The van der Waals surface area contributed by atoms with E-state index in [1.54, 1.807) is 17.0 Å². The van der Waals surface area contributed by atoms with Crippen LogP contribution in [-0.2, 0) is 13.1 Å². The highest BCUT2D eigenvalue weighted by molar-refractivity contribution is 5.56. The van der Waals surface area contributed by atoms with E-state index >= 15 is 0 Å². The zero-order chi connectivity index (χ0) is 16.4. The molecule has 3 rings (SSSR count). The van der Waals surface area contributed by atoms with Crippen LogP contribution in [0.25, 0.3) is 11.4 Å². The van der Waals surface area contributed by atoms with Crippen molar-refractivity contribution in [2.24, 2.45) is 5.92 Å². The zero-order valence-corrected chi connectivity index (χ0v) is 13.6. The number of anilines is 1. The quantitative estimate of drug-likeness (QED) is 0.889. The Hall–Kier alpha value is -2.15. The van der Waals surface area contributed by atoms with Crippen molar-refractivity contribution in [3.8, 4) is 11.4 Å². The van der Waals surface area contributed by atoms with Crippen LogP contribution in [0.15, 0.2) is 23.3 Å². The molecule has 3 heterocycles. The van der Waals surface area contributed by atoms with Gasteiger partial charge in [-0.3, -0.25) is 9.48 Å². The van der Waals surface area contributed by atoms with Crippen LogP contribution < -0.4 is 10.5 Å². The van der Waals surface area contributed by atoms with Crippen molar-refractivity contribution in [1.82, 2.24) is 19.3 Å². The number of rotatable bonds is 5. The van der Waals surface area contributed by atoms with E-state index in [0.29, 0.717) is 18.9 Å². The second-order valence-corrected chi connectivity index (χ2v) is 5.86. The summed E-state index contributed by atoms with van der Waals surface area (Å²) in [5.74, 6) is 0.695. The fourth-order valence-corrected chi connectivity index (χ4v) is 3.07. The summed E-state index contributed by atoms with van der Waals surface area (Å²) >= 11 is 0. The van der Waals surface area contributed by atoms with Crippen LogP contribution >= 0.6 is 0 Å². The summed E-state index contributed by atoms with van der Waals surface area (Å²) in [7, 11) is 0. The van der Waals surface area contributed by atoms with Crippen LogP contribution in [-0.4, -0.2) is 44.1 Å². The largest absolute Gasteiger partial charge is 0.396 e. The van der Waals surface area contributed by atoms with Crippen LogP contribution in [0.4, 0.5) is 5.82 Å². The first-order valence-corrected chi connectivity index (χ1v) is 8.17. The molecule has 1 N–H and O–H groups in total. The third-order valence-corrected chi connectivity index (χ3v) is 4.42. The Morgan fingerprint density at radius 2 is 2.17 bits per heavy atom. The number of aromatic nitrogens is 4. The van der Waals surface area contributed by atoms with Crippen molar-refractivity contribution < 1.29 is 5.11 Å². The van der Waals surface area contributed by atoms with Gasteiger partial charge in [0.05, 0.1) is 5.69 Å². The van der Waals surface area contributed by atoms with Crippen molar-refractivity contribution in [1.29, 1.82) is 0 Å². The molecule has 0 amide bonds. The molecule has 1 atom stereocenters. The van der Waals surface area contributed by atoms with Gasteiger partial charge in [0, 0.05) is 51.1 Å². The van der Waals surface area contributed by atoms with Crippen LogP contribution in [0.5, 0.6) is 0 Å². The van der Waals surface area contributed by atoms with Gasteiger partial charge in [-0.2, -0.15) is 5.10 Å². The highest BCUT2D eigenvalue weighted by atomic mass is 16.3. The molecule has 1 aliphatic heterocycles. The van der Waals surface area contributed by atoms with Crippen LogP contribution in [0, 0.1) is 5.92 Å². The van der Waals surface area contributed by atoms with Gasteiger partial charge in [0.15, 0.2) is 5.82 Å². The fraction of sp³-hybridized carbons (Fsp3) is 0.562. The fourth-order valence-electron chi connectivity index (χ4n) is 3.07. The molecule has 0 spiro atoms. The van der Waals surface area contributed by atoms with Crippen molar-refractivity contribution in [2.75, 3.05) is 24.6 Å². The van der Waals surface area contributed by atoms with Gasteiger partial charge >= 0.3 is 0 Å². The van der Waals surface area contributed by atoms with Gasteiger partial charge in [-0.05, 0) is 26.3 Å². The standard InChI is InChI=1S/C16H23N5O2/c1-3-19-10-13(14-5-7-17-21(14)4-2)18-15(16(19)23)20-8-6-12(9-20)11-22/h5,7,10,12,22H,3-4,6,8-9,11H2,1-2H3/t12-/m1/s1. The lowest BCUT2D eigenvalue weighted by molar-refractivity contribution is 0.238. The summed E-state index contributed by atoms with van der Waals surface area (Å²) in [5.41, 5.74) is 1.60. The zero-order valence-electron chi connectivity index (χ0n) is 13.6. The summed E-state index contributed by atoms with van der Waals surface area (Å²) in [6.45, 7) is 6.92. The Morgan fingerprint density at radius 3 is 2.83 bits per heavy atom. The highest BCUT2D eigenvalue weighted by Gasteiger charge is 2.26. The van der Waals surface area contributed by atoms with Crippen LogP contribution in [0.3, 0.4) is 0 Å². The first-order chi connectivity index (χ1) is 11.2. The number of hydrogen-bond acceptors (Lipinski definition) is 5. The monoisotopic (exact) mass is 317 g/mol. The van der Waals surface area contributed by atoms with Gasteiger partial charge in [0.2, 0.25) is 0 Å². The van der Waals surface area contributed by atoms with Crippen molar-refractivity contribution in [2.45, 2.75) is 33.4 Å². The molecule has 2 aromatic rings. The van der Waals surface area contributed by atoms with Crippen molar-refractivity contribution in [3.05, 3.63) is 28.8 Å². The smallest absolute Gasteiger partial charge is 0.293 e. The lowest BCUT2D eigenvalue weighted by Crippen LogP contribution is -2.32. The maximum absolute atomic E-state index is 12.6. The van der Waals surface area contributed by atoms with Crippen LogP contribution in [0.1, 0.15) is 20.3 Å². The van der Waals surface area contributed by atoms with Gasteiger partial charge in [0.1, 0.15) is 5.69 Å². The SMILES string of the molecule is CCn1nccc1-c1cn(CC)c(=O)c(N2CC[C@@H](CO)C2)n1. The molecule has 0 saturated carbocycles. The predicted octanol–water partition coefficient (Wildman–Crippen LogP) is 0.965. The molecule has 23 heavy (non-hydrogen) atoms. The van der Waals surface area contributed by atoms with Gasteiger partial charge in [-0.15, -0.1) is 0 Å². The average molecular weight is 317 g/mol. The average Bonchev–Trinajstić information content (AvgIpc) is 3.23. The van der Waals surface area contributed by atoms with E-state index in [0.717, 1.165) is 30.9 Å². The molecule has 7 nitrogen and oxygen atoms in total. The number of aryl methyl sites for hydroxylation is 2. The number of aliphatic hydroxyl groups is 1. The molecular weight excluding hydrogens is 294 g/mol.